The van der Waals surface area contributed by atoms with Crippen LogP contribution in [-0.4, -0.2) is 11.9 Å². The third-order valence-corrected chi connectivity index (χ3v) is 3.75. The Balaban J connectivity index is 2.10. The minimum absolute atomic E-state index is 0.0382. The molecule has 2 rings (SSSR count). The number of Topliss-reactive ketones (excluding diaryl/α,β-unsaturated/α-hetero) is 1. The molecule has 1 fully saturated rings. The summed E-state index contributed by atoms with van der Waals surface area (Å²) in [5, 5.41) is 0.789. The Morgan fingerprint density at radius 3 is 2.53 bits per heavy atom. The summed E-state index contributed by atoms with van der Waals surface area (Å²) in [6.07, 6.45) is 3.19. The fourth-order valence-corrected chi connectivity index (χ4v) is 2.36. The number of halogens is 1. The average Bonchev–Trinajstić information content (AvgIpc) is 2.26. The molecule has 0 N–H and O–H groups in total. The molecule has 0 amide bonds. The molecule has 3 heteroatoms. The van der Waals surface area contributed by atoms with Gasteiger partial charge in [0.25, 0.3) is 0 Å². The Kier molecular flexibility index (Phi) is 3.72. The van der Waals surface area contributed by atoms with Crippen LogP contribution in [0.25, 0.3) is 0 Å². The van der Waals surface area contributed by atoms with Crippen LogP contribution >= 0.6 is 11.6 Å². The van der Waals surface area contributed by atoms with Gasteiger partial charge in [0.05, 0.1) is 0 Å². The molecule has 1 aliphatic carbocycles. The van der Waals surface area contributed by atoms with Gasteiger partial charge in [-0.05, 0) is 49.9 Å². The summed E-state index contributed by atoms with van der Waals surface area (Å²) in [5.41, 5.74) is 2.03. The molecule has 1 aliphatic rings. The number of aryl methyl sites for hydroxylation is 2. The van der Waals surface area contributed by atoms with Crippen molar-refractivity contribution in [2.75, 3.05) is 0 Å². The zero-order valence-corrected chi connectivity index (χ0v) is 11.0. The van der Waals surface area contributed by atoms with Crippen LogP contribution in [0.5, 0.6) is 5.75 Å². The van der Waals surface area contributed by atoms with Gasteiger partial charge in [-0.3, -0.25) is 4.79 Å². The van der Waals surface area contributed by atoms with E-state index in [1.807, 2.05) is 26.0 Å². The molecule has 0 bridgehead atoms. The SMILES string of the molecule is Cc1cc(OC2CCCC(=O)C2)cc(C)c1Cl. The maximum absolute atomic E-state index is 11.4. The van der Waals surface area contributed by atoms with E-state index in [4.69, 9.17) is 16.3 Å². The highest BCUT2D eigenvalue weighted by molar-refractivity contribution is 6.32. The molecular weight excluding hydrogens is 236 g/mol. The van der Waals surface area contributed by atoms with Crippen LogP contribution in [0.1, 0.15) is 36.8 Å². The number of benzene rings is 1. The van der Waals surface area contributed by atoms with Gasteiger partial charge in [-0.25, -0.2) is 0 Å². The van der Waals surface area contributed by atoms with Gasteiger partial charge in [0.2, 0.25) is 0 Å². The minimum Gasteiger partial charge on any atom is -0.490 e. The Bertz CT molecular complexity index is 417. The number of ketones is 1. The van der Waals surface area contributed by atoms with Crippen molar-refractivity contribution in [2.24, 2.45) is 0 Å². The Morgan fingerprint density at radius 1 is 1.29 bits per heavy atom. The first-order valence-corrected chi connectivity index (χ1v) is 6.39. The Morgan fingerprint density at radius 2 is 1.94 bits per heavy atom. The molecule has 0 aromatic heterocycles. The summed E-state index contributed by atoms with van der Waals surface area (Å²) >= 11 is 6.11. The fourth-order valence-electron chi connectivity index (χ4n) is 2.25. The zero-order valence-electron chi connectivity index (χ0n) is 10.3. The molecule has 1 aromatic carbocycles. The second-order valence-corrected chi connectivity index (χ2v) is 5.12. The van der Waals surface area contributed by atoms with Gasteiger partial charge in [-0.1, -0.05) is 11.6 Å². The molecule has 0 saturated heterocycles. The lowest BCUT2D eigenvalue weighted by molar-refractivity contribution is -0.122. The molecule has 2 nitrogen and oxygen atoms in total. The molecular formula is C14H17ClO2. The van der Waals surface area contributed by atoms with Crippen molar-refractivity contribution < 1.29 is 9.53 Å². The molecule has 0 heterocycles. The number of rotatable bonds is 2. The average molecular weight is 253 g/mol. The number of ether oxygens (including phenoxy) is 1. The van der Waals surface area contributed by atoms with Gasteiger partial charge in [-0.15, -0.1) is 0 Å². The summed E-state index contributed by atoms with van der Waals surface area (Å²) in [4.78, 5) is 11.4. The van der Waals surface area contributed by atoms with Crippen molar-refractivity contribution >= 4 is 17.4 Å². The van der Waals surface area contributed by atoms with Crippen LogP contribution in [0.2, 0.25) is 5.02 Å². The van der Waals surface area contributed by atoms with Gasteiger partial charge in [-0.2, -0.15) is 0 Å². The maximum Gasteiger partial charge on any atom is 0.136 e. The van der Waals surface area contributed by atoms with Crippen molar-refractivity contribution in [3.63, 3.8) is 0 Å². The first kappa shape index (κ1) is 12.4. The van der Waals surface area contributed by atoms with Crippen LogP contribution < -0.4 is 4.74 Å². The largest absolute Gasteiger partial charge is 0.490 e. The van der Waals surface area contributed by atoms with Crippen LogP contribution in [-0.2, 0) is 4.79 Å². The van der Waals surface area contributed by atoms with E-state index in [1.54, 1.807) is 0 Å². The van der Waals surface area contributed by atoms with Crippen molar-refractivity contribution in [3.8, 4) is 5.75 Å². The fraction of sp³-hybridized carbons (Fsp3) is 0.500. The second kappa shape index (κ2) is 5.09. The lowest BCUT2D eigenvalue weighted by Gasteiger charge is -2.22. The van der Waals surface area contributed by atoms with Crippen LogP contribution in [0.4, 0.5) is 0 Å². The summed E-state index contributed by atoms with van der Waals surface area (Å²) in [7, 11) is 0. The van der Waals surface area contributed by atoms with E-state index >= 15 is 0 Å². The van der Waals surface area contributed by atoms with E-state index in [-0.39, 0.29) is 6.10 Å². The minimum atomic E-state index is 0.0382. The van der Waals surface area contributed by atoms with Crippen molar-refractivity contribution in [3.05, 3.63) is 28.3 Å². The lowest BCUT2D eigenvalue weighted by Crippen LogP contribution is -2.25. The molecule has 92 valence electrons. The van der Waals surface area contributed by atoms with E-state index < -0.39 is 0 Å². The van der Waals surface area contributed by atoms with E-state index in [1.165, 1.54) is 0 Å². The Hall–Kier alpha value is -1.02. The van der Waals surface area contributed by atoms with Crippen LogP contribution in [0.15, 0.2) is 12.1 Å². The van der Waals surface area contributed by atoms with Gasteiger partial charge >= 0.3 is 0 Å². The van der Waals surface area contributed by atoms with Crippen molar-refractivity contribution in [1.29, 1.82) is 0 Å². The topological polar surface area (TPSA) is 26.3 Å². The monoisotopic (exact) mass is 252 g/mol. The quantitative estimate of drug-likeness (QED) is 0.799. The van der Waals surface area contributed by atoms with Gasteiger partial charge in [0, 0.05) is 17.9 Å². The molecule has 17 heavy (non-hydrogen) atoms. The van der Waals surface area contributed by atoms with Gasteiger partial charge in [0.15, 0.2) is 0 Å². The van der Waals surface area contributed by atoms with Crippen LogP contribution in [0.3, 0.4) is 0 Å². The molecule has 0 spiro atoms. The predicted octanol–water partition coefficient (Wildman–Crippen LogP) is 3.85. The van der Waals surface area contributed by atoms with Gasteiger partial charge < -0.3 is 4.74 Å². The standard InChI is InChI=1S/C14H17ClO2/c1-9-6-13(7-10(2)14(9)15)17-12-5-3-4-11(16)8-12/h6-7,12H,3-5,8H2,1-2H3. The molecule has 0 aliphatic heterocycles. The second-order valence-electron chi connectivity index (χ2n) is 4.75. The molecule has 1 unspecified atom stereocenters. The van der Waals surface area contributed by atoms with Gasteiger partial charge in [0.1, 0.15) is 17.6 Å². The highest BCUT2D eigenvalue weighted by Crippen LogP contribution is 2.28. The number of hydrogen-bond acceptors (Lipinski definition) is 2. The van der Waals surface area contributed by atoms with E-state index in [9.17, 15) is 4.79 Å². The third kappa shape index (κ3) is 3.01. The van der Waals surface area contributed by atoms with E-state index in [2.05, 4.69) is 0 Å². The summed E-state index contributed by atoms with van der Waals surface area (Å²) in [6, 6.07) is 3.88. The number of hydrogen-bond donors (Lipinski definition) is 0. The van der Waals surface area contributed by atoms with Crippen LogP contribution in [0, 0.1) is 13.8 Å². The summed E-state index contributed by atoms with van der Waals surface area (Å²) in [5.74, 6) is 1.13. The van der Waals surface area contributed by atoms with Crippen molar-refractivity contribution in [2.45, 2.75) is 45.6 Å². The molecule has 1 aromatic rings. The molecule has 1 saturated carbocycles. The molecule has 0 radical (unpaired) electrons. The normalized spacial score (nSPS) is 20.4. The lowest BCUT2D eigenvalue weighted by atomic mass is 9.96. The summed E-state index contributed by atoms with van der Waals surface area (Å²) in [6.45, 7) is 3.93. The third-order valence-electron chi connectivity index (χ3n) is 3.15. The van der Waals surface area contributed by atoms with E-state index in [0.29, 0.717) is 18.6 Å². The van der Waals surface area contributed by atoms with E-state index in [0.717, 1.165) is 34.7 Å². The van der Waals surface area contributed by atoms with Crippen molar-refractivity contribution in [1.82, 2.24) is 0 Å². The highest BCUT2D eigenvalue weighted by atomic mass is 35.5. The molecule has 1 atom stereocenters. The number of carbonyl (C=O) groups excluding carboxylic acids is 1. The predicted molar refractivity (Wildman–Crippen MR) is 68.8 cm³/mol. The maximum atomic E-state index is 11.4. The zero-order chi connectivity index (χ0) is 12.4. The Labute approximate surface area is 107 Å². The number of carbonyl (C=O) groups is 1. The smallest absolute Gasteiger partial charge is 0.136 e. The highest BCUT2D eigenvalue weighted by Gasteiger charge is 2.21. The first-order valence-electron chi connectivity index (χ1n) is 6.01. The first-order chi connectivity index (χ1) is 8.06. The summed E-state index contributed by atoms with van der Waals surface area (Å²) < 4.78 is 5.86.